The molecule has 0 N–H and O–H groups in total. The van der Waals surface area contributed by atoms with Gasteiger partial charge >= 0.3 is 120 Å². The number of allylic oxidation sites excluding steroid dienone is 2. The van der Waals surface area contributed by atoms with Crippen molar-refractivity contribution < 1.29 is 27.8 Å². The summed E-state index contributed by atoms with van der Waals surface area (Å²) in [6.45, 7) is 26.2. The van der Waals surface area contributed by atoms with Crippen molar-refractivity contribution in [1.82, 2.24) is 9.13 Å². The maximum absolute atomic E-state index is 13.8. The maximum Gasteiger partial charge on any atom is 0.329 e. The fraction of sp³-hybridized carbons (Fsp3) is 0.636. The van der Waals surface area contributed by atoms with Crippen LogP contribution in [0.4, 0.5) is 8.78 Å². The summed E-state index contributed by atoms with van der Waals surface area (Å²) in [5.74, 6) is -2.46. The fourth-order valence-corrected chi connectivity index (χ4v) is 22.1. The summed E-state index contributed by atoms with van der Waals surface area (Å²) in [4.78, 5) is 47.8. The molecule has 2 aromatic rings. The molecule has 2 unspecified atom stereocenters. The zero-order valence-electron chi connectivity index (χ0n) is 35.8. The third-order valence-corrected chi connectivity index (χ3v) is 25.2. The first-order chi connectivity index (χ1) is 26.5. The average Bonchev–Trinajstić information content (AvgIpc) is 3.14. The number of nitrogens with zero attached hydrogens (tertiary/aromatic N) is 2. The quantitative estimate of drug-likeness (QED) is 0.0625. The van der Waals surface area contributed by atoms with Gasteiger partial charge in [-0.1, -0.05) is 33.8 Å². The number of esters is 2. The van der Waals surface area contributed by atoms with Crippen LogP contribution < -0.4 is 11.1 Å². The first-order valence-corrected chi connectivity index (χ1v) is 29.4. The van der Waals surface area contributed by atoms with E-state index in [-0.39, 0.29) is 25.0 Å². The predicted octanol–water partition coefficient (Wildman–Crippen LogP) is 11.8. The van der Waals surface area contributed by atoms with Crippen molar-refractivity contribution in [1.29, 1.82) is 0 Å². The van der Waals surface area contributed by atoms with Gasteiger partial charge in [0.25, 0.3) is 11.1 Å². The molecule has 0 spiro atoms. The normalized spacial score (nSPS) is 12.2. The first kappa shape index (κ1) is 53.5. The summed E-state index contributed by atoms with van der Waals surface area (Å²) in [7, 11) is 0. The second kappa shape index (κ2) is 29.6. The van der Waals surface area contributed by atoms with E-state index in [2.05, 4.69) is 55.9 Å². The molecule has 318 valence electrons. The Morgan fingerprint density at radius 1 is 0.732 bits per heavy atom. The Morgan fingerprint density at radius 2 is 1.14 bits per heavy atom. The molecular weight excluding hydrogens is 889 g/mol. The van der Waals surface area contributed by atoms with Crippen LogP contribution in [0.15, 0.2) is 63.9 Å². The summed E-state index contributed by atoms with van der Waals surface area (Å²) < 4.78 is 46.2. The summed E-state index contributed by atoms with van der Waals surface area (Å²) in [5.41, 5.74) is -1.02. The van der Waals surface area contributed by atoms with E-state index >= 15 is 0 Å². The third-order valence-electron chi connectivity index (χ3n) is 9.34. The molecule has 2 aromatic heterocycles. The number of carbonyl (C=O) groups excluding carboxylic acids is 2. The number of ether oxygens (including phenoxy) is 2. The van der Waals surface area contributed by atoms with Crippen molar-refractivity contribution in [2.24, 2.45) is 11.8 Å². The van der Waals surface area contributed by atoms with Crippen molar-refractivity contribution in [2.75, 3.05) is 13.2 Å². The van der Waals surface area contributed by atoms with Gasteiger partial charge in [0.05, 0.1) is 13.2 Å². The van der Waals surface area contributed by atoms with Gasteiger partial charge in [0, 0.05) is 16.9 Å². The van der Waals surface area contributed by atoms with Gasteiger partial charge in [0.1, 0.15) is 12.1 Å². The number of hydrogen-bond acceptors (Lipinski definition) is 6. The molecule has 0 saturated carbocycles. The van der Waals surface area contributed by atoms with Crippen LogP contribution in [0.2, 0.25) is 17.7 Å². The summed E-state index contributed by atoms with van der Waals surface area (Å²) in [5, 5.41) is 0. The van der Waals surface area contributed by atoms with Crippen molar-refractivity contribution in [3.63, 3.8) is 0 Å². The monoisotopic (exact) mass is 960 g/mol. The topological polar surface area (TPSA) is 96.6 Å². The number of unbranched alkanes of at least 4 members (excludes halogenated alkanes) is 3. The molecule has 2 atom stereocenters. The summed E-state index contributed by atoms with van der Waals surface area (Å²) in [6, 6.07) is 0.644. The van der Waals surface area contributed by atoms with Crippen LogP contribution in [0.1, 0.15) is 131 Å². The minimum atomic E-state index is -1.78. The van der Waals surface area contributed by atoms with Crippen molar-refractivity contribution >= 4 is 46.2 Å². The van der Waals surface area contributed by atoms with Crippen LogP contribution in [-0.2, 0) is 25.5 Å². The van der Waals surface area contributed by atoms with Crippen LogP contribution in [0, 0.1) is 23.5 Å². The molecule has 56 heavy (non-hydrogen) atoms. The molecule has 0 amide bonds. The maximum atomic E-state index is 13.8. The number of carbonyl (C=O) groups is 2. The molecular formula is C44H71BrF2N2O6Sn. The van der Waals surface area contributed by atoms with Gasteiger partial charge in [-0.15, -0.1) is 6.58 Å². The Morgan fingerprint density at radius 3 is 1.50 bits per heavy atom. The molecule has 0 aromatic carbocycles. The van der Waals surface area contributed by atoms with E-state index in [9.17, 15) is 28.0 Å². The van der Waals surface area contributed by atoms with Gasteiger partial charge in [0.2, 0.25) is 0 Å². The Bertz CT molecular complexity index is 1570. The molecule has 2 rings (SSSR count). The van der Waals surface area contributed by atoms with Crippen LogP contribution >= 0.6 is 15.9 Å². The molecule has 0 fully saturated rings. The van der Waals surface area contributed by atoms with E-state index in [1.54, 1.807) is 33.2 Å². The van der Waals surface area contributed by atoms with Gasteiger partial charge in [-0.2, -0.15) is 0 Å². The number of hydrogen-bond donors (Lipinski definition) is 0. The van der Waals surface area contributed by atoms with Gasteiger partial charge in [-0.3, -0.25) is 18.7 Å². The molecule has 0 aliphatic heterocycles. The largest absolute Gasteiger partial charge is 0.464 e. The molecule has 8 nitrogen and oxygen atoms in total. The Hall–Kier alpha value is -2.54. The van der Waals surface area contributed by atoms with Crippen LogP contribution in [0.5, 0.6) is 0 Å². The van der Waals surface area contributed by atoms with Gasteiger partial charge < -0.3 is 9.47 Å². The third kappa shape index (κ3) is 19.7. The molecule has 0 bridgehead atoms. The van der Waals surface area contributed by atoms with Crippen molar-refractivity contribution in [3.8, 4) is 0 Å². The van der Waals surface area contributed by atoms with Crippen molar-refractivity contribution in [2.45, 2.75) is 150 Å². The molecule has 0 aliphatic rings. The van der Waals surface area contributed by atoms with Crippen LogP contribution in [0.25, 0.3) is 0 Å². The SMILES string of the molecule is C=CCc1cc(F)c(=O)n(C(CC(C)C)C(=O)OCC)c1.C=C[CH2][Sn]([CH2]CCC)([CH2]CCC)[CH2]CCC.CCOC(=O)C(CC(C)C)n1cc(Br)cc(F)c1=O. The van der Waals surface area contributed by atoms with Crippen LogP contribution in [-0.4, -0.2) is 52.7 Å². The number of halogens is 3. The summed E-state index contributed by atoms with van der Waals surface area (Å²) >= 11 is 1.34. The van der Waals surface area contributed by atoms with Gasteiger partial charge in [-0.25, -0.2) is 18.4 Å². The van der Waals surface area contributed by atoms with E-state index in [0.717, 1.165) is 15.2 Å². The molecule has 2 heterocycles. The standard InChI is InChI=1S/C16H22FNO3.C13H17BrFNO3.3C4H9.C3H5.Sn/c1-5-7-12-9-13(17)15(19)18(10-12)14(8-11(3)4)16(20)21-6-2;1-4-19-13(18)11(5-8(2)3)16-7-9(14)6-10(15)12(16)17;3*1-3-4-2;1-3-2;/h5,9-11,14H,1,6-8H2,2-4H3;6-8,11H,4-5H2,1-3H3;3*1,3-4H2,2H3;3H,1-2H2;. The molecule has 0 radical (unpaired) electrons. The van der Waals surface area contributed by atoms with E-state index in [1.807, 2.05) is 27.7 Å². The Labute approximate surface area is 348 Å². The predicted molar refractivity (Wildman–Crippen MR) is 233 cm³/mol. The first-order valence-electron chi connectivity index (χ1n) is 20.5. The molecule has 12 heteroatoms. The average molecular weight is 961 g/mol. The van der Waals surface area contributed by atoms with Gasteiger partial charge in [-0.05, 0) is 78.6 Å². The summed E-state index contributed by atoms with van der Waals surface area (Å²) in [6.07, 6.45) is 16.6. The van der Waals surface area contributed by atoms with Crippen molar-refractivity contribution in [3.05, 3.63) is 92.2 Å². The second-order valence-electron chi connectivity index (χ2n) is 15.2. The second-order valence-corrected chi connectivity index (χ2v) is 30.1. The molecule has 0 aliphatic carbocycles. The minimum absolute atomic E-state index is 0.164. The van der Waals surface area contributed by atoms with Crippen LogP contribution in [0.3, 0.4) is 0 Å². The van der Waals surface area contributed by atoms with E-state index in [1.165, 1.54) is 61.4 Å². The van der Waals surface area contributed by atoms with E-state index in [0.29, 0.717) is 29.3 Å². The fourth-order valence-electron chi connectivity index (χ4n) is 6.56. The number of aromatic nitrogens is 2. The Kier molecular flexibility index (Phi) is 28.3. The number of pyridine rings is 2. The zero-order valence-corrected chi connectivity index (χ0v) is 40.2. The van der Waals surface area contributed by atoms with E-state index < -0.39 is 65.2 Å². The Balaban J connectivity index is 0.000000819. The van der Waals surface area contributed by atoms with E-state index in [4.69, 9.17) is 9.47 Å². The minimum Gasteiger partial charge on any atom is -0.464 e. The molecule has 0 saturated heterocycles. The van der Waals surface area contributed by atoms with Gasteiger partial charge in [0.15, 0.2) is 11.6 Å². The smallest absolute Gasteiger partial charge is 0.329 e. The zero-order chi connectivity index (χ0) is 42.8. The number of rotatable bonds is 23.